The van der Waals surface area contributed by atoms with Crippen LogP contribution in [0.25, 0.3) is 85.6 Å². The third kappa shape index (κ3) is 18.0. The molecule has 1 aliphatic rings. The van der Waals surface area contributed by atoms with Crippen LogP contribution in [-0.4, -0.2) is 147 Å². The number of nitrogens with zero attached hydrogens (tertiary/aromatic N) is 17. The number of carbonyl (C=O) groups excluding carboxylic acids is 4. The van der Waals surface area contributed by atoms with Crippen LogP contribution in [0.1, 0.15) is 99.1 Å². The topological polar surface area (TPSA) is 435 Å². The molecule has 37 heteroatoms. The molecule has 15 aromatic rings. The minimum atomic E-state index is -0.209. The summed E-state index contributed by atoms with van der Waals surface area (Å²) in [6.45, 7) is 18.5. The third-order valence-corrected chi connectivity index (χ3v) is 22.5. The van der Waals surface area contributed by atoms with Gasteiger partial charge in [0.05, 0.1) is 41.1 Å². The van der Waals surface area contributed by atoms with Gasteiger partial charge in [-0.25, -0.2) is 54.8 Å². The lowest BCUT2D eigenvalue weighted by molar-refractivity contribution is 0.0454. The van der Waals surface area contributed by atoms with Gasteiger partial charge in [-0.05, 0) is 114 Å². The summed E-state index contributed by atoms with van der Waals surface area (Å²) in [4.78, 5) is 116. The van der Waals surface area contributed by atoms with Crippen molar-refractivity contribution in [2.24, 2.45) is 0 Å². The van der Waals surface area contributed by atoms with Crippen molar-refractivity contribution in [1.29, 1.82) is 0 Å². The number of anilines is 4. The van der Waals surface area contributed by atoms with Crippen LogP contribution in [0, 0.1) is 27.7 Å². The SMILES string of the molecule is Cc1cc(-c2nc(N)c3cc(C(=O)NCCc4cccnc4)sc3n2)no1.Cc1cc(-c2nc(N)c3cc(C(=O)NCc4cccnc4)sc3n2)no1.Cc1csc(-c2nc(N)c3cc(C(=O)N4CCN(C(C)(C)C)CC4)sc3n2)n1.Cc1csc(-c2nc(N)c3cc(C(=O)NCc4ccc(Cl)nc4)sc3n2)n1. The second kappa shape index (κ2) is 32.8. The highest BCUT2D eigenvalue weighted by Gasteiger charge is 2.30. The highest BCUT2D eigenvalue weighted by atomic mass is 35.5. The van der Waals surface area contributed by atoms with Crippen LogP contribution in [0.2, 0.25) is 5.15 Å². The minimum absolute atomic E-state index is 0.0441. The first kappa shape index (κ1) is 74.9. The van der Waals surface area contributed by atoms with Crippen molar-refractivity contribution in [2.75, 3.05) is 55.7 Å². The molecule has 0 bridgehead atoms. The van der Waals surface area contributed by atoms with Gasteiger partial charge in [-0.3, -0.25) is 34.0 Å². The molecule has 11 N–H and O–H groups in total. The minimum Gasteiger partial charge on any atom is -0.383 e. The van der Waals surface area contributed by atoms with Gasteiger partial charge >= 0.3 is 0 Å². The third-order valence-electron chi connectivity index (χ3n) is 16.3. The maximum atomic E-state index is 13.0. The van der Waals surface area contributed by atoms with Crippen LogP contribution in [0.3, 0.4) is 0 Å². The van der Waals surface area contributed by atoms with Crippen LogP contribution in [0.15, 0.2) is 124 Å². The summed E-state index contributed by atoms with van der Waals surface area (Å²) in [5.41, 5.74) is 30.1. The molecule has 16 rings (SSSR count). The van der Waals surface area contributed by atoms with Crippen LogP contribution in [-0.2, 0) is 19.5 Å². The number of thiazole rings is 2. The maximum Gasteiger partial charge on any atom is 0.264 e. The van der Waals surface area contributed by atoms with Crippen LogP contribution < -0.4 is 38.9 Å². The van der Waals surface area contributed by atoms with Gasteiger partial charge in [-0.2, -0.15) is 0 Å². The largest absolute Gasteiger partial charge is 0.383 e. The summed E-state index contributed by atoms with van der Waals surface area (Å²) in [6, 6.07) is 21.5. The smallest absolute Gasteiger partial charge is 0.264 e. The molecule has 0 saturated carbocycles. The van der Waals surface area contributed by atoms with E-state index in [1.807, 2.05) is 65.9 Å². The Kier molecular flexibility index (Phi) is 22.7. The molecule has 4 amide bonds. The van der Waals surface area contributed by atoms with Crippen molar-refractivity contribution in [3.63, 3.8) is 0 Å². The number of amides is 4. The van der Waals surface area contributed by atoms with Crippen LogP contribution >= 0.6 is 79.6 Å². The van der Waals surface area contributed by atoms with Crippen LogP contribution in [0.4, 0.5) is 23.3 Å². The number of rotatable bonds is 15. The molecule has 0 radical (unpaired) electrons. The Balaban J connectivity index is 0.000000127. The first-order valence-corrected chi connectivity index (χ1v) is 38.6. The number of halogens is 1. The number of aryl methyl sites for hydroxylation is 4. The number of nitrogens with two attached hydrogens (primary N) is 4. The van der Waals surface area contributed by atoms with Crippen molar-refractivity contribution in [2.45, 2.75) is 73.5 Å². The fourth-order valence-corrected chi connectivity index (χ4v) is 16.2. The average Bonchev–Trinajstić information content (AvgIpc) is 1.65. The van der Waals surface area contributed by atoms with E-state index < -0.39 is 0 Å². The van der Waals surface area contributed by atoms with Gasteiger partial charge in [0.25, 0.3) is 23.6 Å². The normalized spacial score (nSPS) is 12.3. The highest BCUT2D eigenvalue weighted by Crippen LogP contribution is 2.36. The number of nitrogen functional groups attached to an aromatic ring is 4. The van der Waals surface area contributed by atoms with Crippen LogP contribution in [0.5, 0.6) is 0 Å². The zero-order valence-electron chi connectivity index (χ0n) is 58.8. The molecule has 30 nitrogen and oxygen atoms in total. The lowest BCUT2D eigenvalue weighted by Gasteiger charge is -2.42. The maximum absolute atomic E-state index is 13.0. The van der Waals surface area contributed by atoms with E-state index in [0.717, 1.165) is 69.5 Å². The molecule has 0 atom stereocenters. The number of hydrogen-bond acceptors (Lipinski definition) is 32. The Morgan fingerprint density at radius 3 is 1.31 bits per heavy atom. The fraction of sp³-hybridized carbons (Fsp3) is 0.225. The summed E-state index contributed by atoms with van der Waals surface area (Å²) in [7, 11) is 0. The molecule has 0 aliphatic carbocycles. The van der Waals surface area contributed by atoms with E-state index in [1.165, 1.54) is 68.0 Å². The number of fused-ring (bicyclic) bond motifs is 4. The number of piperazine rings is 1. The molecule has 15 aromatic heterocycles. The van der Waals surface area contributed by atoms with E-state index in [1.54, 1.807) is 81.2 Å². The van der Waals surface area contributed by atoms with Crippen molar-refractivity contribution < 1.29 is 28.2 Å². The number of pyridine rings is 3. The van der Waals surface area contributed by atoms with Gasteiger partial charge in [0.1, 0.15) is 59.3 Å². The van der Waals surface area contributed by atoms with Crippen molar-refractivity contribution in [3.8, 4) is 44.7 Å². The monoisotopic (exact) mass is 1580 g/mol. The molecule has 0 aromatic carbocycles. The first-order valence-electron chi connectivity index (χ1n) is 33.2. The number of aromatic nitrogens is 15. The number of thiophene rings is 4. The zero-order chi connectivity index (χ0) is 75.9. The second-order valence-corrected chi connectivity index (χ2v) is 31.5. The Labute approximate surface area is 644 Å². The van der Waals surface area contributed by atoms with Gasteiger partial charge in [0, 0.05) is 117 Å². The van der Waals surface area contributed by atoms with E-state index in [4.69, 9.17) is 43.6 Å². The lowest BCUT2D eigenvalue weighted by atomic mass is 10.0. The standard InChI is InChI=1S/C19H24N6OS2.C18H16N6O2S.C17H13ClN6OS2.C17H14N6O2S/c1-11-10-27-17(21-11)15-22-14(20)12-9-13(28-16(12)23-15)18(26)24-5-7-25(8-6-24)19(2,3)4;1-10-7-13(24-26-10)16-22-15(19)12-8-14(27-18(12)23-16)17(25)21-6-4-11-3-2-5-20-9-11;1-8-7-26-17(22-8)14-23-13(19)10-4-11(27-16(10)24-14)15(25)21-6-9-2-3-12(18)20-5-9;1-9-5-12(23-25-9)15-21-14(18)11-6-13(26-17(11)22-15)16(24)20-8-10-3-2-4-19-7-10/h9-10H,5-8H2,1-4H3,(H2,20,22,23);2-3,5,7-9H,4,6H2,1H3,(H,21,25)(H2,19,22,23);2-5,7H,6H2,1H3,(H,21,25)(H2,19,23,24);2-7H,8H2,1H3,(H,20,24)(H2,18,21,22). The van der Waals surface area contributed by atoms with Crippen molar-refractivity contribution >= 4 is 167 Å². The Morgan fingerprint density at radius 2 is 0.917 bits per heavy atom. The Bertz CT molecular complexity index is 5770. The molecule has 1 saturated heterocycles. The predicted molar refractivity (Wildman–Crippen MR) is 423 cm³/mol. The fourth-order valence-electron chi connectivity index (χ4n) is 10.7. The molecule has 0 spiro atoms. The highest BCUT2D eigenvalue weighted by molar-refractivity contribution is 7.21. The average molecular weight is 1580 g/mol. The zero-order valence-corrected chi connectivity index (χ0v) is 64.5. The number of nitrogens with one attached hydrogen (secondary N) is 3. The number of hydrogen-bond donors (Lipinski definition) is 7. The van der Waals surface area contributed by atoms with Gasteiger partial charge in [-0.15, -0.1) is 68.0 Å². The van der Waals surface area contributed by atoms with Gasteiger partial charge in [0.2, 0.25) is 0 Å². The summed E-state index contributed by atoms with van der Waals surface area (Å²) < 4.78 is 10.1. The summed E-state index contributed by atoms with van der Waals surface area (Å²) in [5, 5.41) is 24.9. The first-order chi connectivity index (χ1) is 51.9. The summed E-state index contributed by atoms with van der Waals surface area (Å²) >= 11 is 13.9. The predicted octanol–water partition coefficient (Wildman–Crippen LogP) is 12.1. The molecule has 1 aliphatic heterocycles. The molecular weight excluding hydrogens is 1510 g/mol. The molecular formula is C71H67ClN24O6S6. The van der Waals surface area contributed by atoms with E-state index in [0.29, 0.717) is 156 Å². The molecule has 550 valence electrons. The lowest BCUT2D eigenvalue weighted by Crippen LogP contribution is -2.54. The summed E-state index contributed by atoms with van der Waals surface area (Å²) in [5.74, 6) is 3.85. The van der Waals surface area contributed by atoms with E-state index in [9.17, 15) is 19.2 Å². The quantitative estimate of drug-likeness (QED) is 0.0469. The van der Waals surface area contributed by atoms with E-state index in [2.05, 4.69) is 117 Å². The van der Waals surface area contributed by atoms with Gasteiger partial charge in [-0.1, -0.05) is 40.1 Å². The molecule has 16 heterocycles. The van der Waals surface area contributed by atoms with Gasteiger partial charge < -0.3 is 52.8 Å². The van der Waals surface area contributed by atoms with E-state index in [-0.39, 0.29) is 29.2 Å². The van der Waals surface area contributed by atoms with E-state index >= 15 is 0 Å². The second-order valence-electron chi connectivity index (χ2n) is 25.3. The van der Waals surface area contributed by atoms with Crippen molar-refractivity contribution in [3.05, 3.63) is 179 Å². The molecule has 108 heavy (non-hydrogen) atoms. The molecule has 0 unspecified atom stereocenters. The van der Waals surface area contributed by atoms with Crippen molar-refractivity contribution in [1.82, 2.24) is 101 Å². The Hall–Kier alpha value is -11.4. The number of carbonyl (C=O) groups is 4. The summed E-state index contributed by atoms with van der Waals surface area (Å²) in [6.07, 6.45) is 9.24. The Morgan fingerprint density at radius 1 is 0.500 bits per heavy atom. The van der Waals surface area contributed by atoms with Gasteiger partial charge in [0.15, 0.2) is 44.7 Å². The molecule has 1 fully saturated rings.